The summed E-state index contributed by atoms with van der Waals surface area (Å²) >= 11 is 6.10. The summed E-state index contributed by atoms with van der Waals surface area (Å²) < 4.78 is 18.4. The number of hydrogen-bond acceptors (Lipinski definition) is 5. The Morgan fingerprint density at radius 2 is 1.58 bits per heavy atom. The summed E-state index contributed by atoms with van der Waals surface area (Å²) in [7, 11) is -0.692. The van der Waals surface area contributed by atoms with Crippen molar-refractivity contribution in [3.05, 3.63) is 60.2 Å². The number of carbonyl (C=O) groups is 1. The van der Waals surface area contributed by atoms with Gasteiger partial charge in [-0.2, -0.15) is 0 Å². The third-order valence-electron chi connectivity index (χ3n) is 5.43. The predicted octanol–water partition coefficient (Wildman–Crippen LogP) is 6.13. The molecule has 0 bridgehead atoms. The Kier molecular flexibility index (Phi) is 8.28. The first-order valence-electron chi connectivity index (χ1n) is 10.3. The number of hydroxylamine groups is 2. The van der Waals surface area contributed by atoms with Gasteiger partial charge in [0, 0.05) is 10.9 Å². The van der Waals surface area contributed by atoms with Crippen molar-refractivity contribution in [2.45, 2.75) is 58.8 Å². The van der Waals surface area contributed by atoms with Gasteiger partial charge in [-0.15, -0.1) is 0 Å². The van der Waals surface area contributed by atoms with Crippen molar-refractivity contribution < 1.29 is 18.4 Å². The van der Waals surface area contributed by atoms with Gasteiger partial charge in [0.15, 0.2) is 0 Å². The van der Waals surface area contributed by atoms with Crippen LogP contribution in [0, 0.1) is 0 Å². The molecule has 0 N–H and O–H groups in total. The van der Waals surface area contributed by atoms with Crippen LogP contribution in [0.4, 0.5) is 0 Å². The Labute approximate surface area is 193 Å². The van der Waals surface area contributed by atoms with Crippen LogP contribution in [-0.4, -0.2) is 32.4 Å². The predicted molar refractivity (Wildman–Crippen MR) is 134 cm³/mol. The van der Waals surface area contributed by atoms with Gasteiger partial charge in [0.2, 0.25) is 14.8 Å². The molecule has 0 spiro atoms. The average molecular weight is 480 g/mol. The summed E-state index contributed by atoms with van der Waals surface area (Å²) in [4.78, 5) is 13.3. The zero-order valence-electron chi connectivity index (χ0n) is 19.7. The summed E-state index contributed by atoms with van der Waals surface area (Å²) in [5.74, 6) is 0.482. The lowest BCUT2D eigenvalue weighted by Gasteiger charge is -2.41. The van der Waals surface area contributed by atoms with Crippen LogP contribution in [0.15, 0.2) is 54.6 Å². The van der Waals surface area contributed by atoms with Crippen molar-refractivity contribution in [3.8, 4) is 5.75 Å². The van der Waals surface area contributed by atoms with Gasteiger partial charge in [0.05, 0.1) is 13.2 Å². The van der Waals surface area contributed by atoms with E-state index in [2.05, 4.69) is 33.9 Å². The van der Waals surface area contributed by atoms with E-state index in [1.165, 1.54) is 5.06 Å². The van der Waals surface area contributed by atoms with E-state index in [1.54, 1.807) is 19.2 Å². The van der Waals surface area contributed by atoms with Crippen molar-refractivity contribution >= 4 is 37.8 Å². The van der Waals surface area contributed by atoms with Crippen molar-refractivity contribution in [2.24, 2.45) is 0 Å². The van der Waals surface area contributed by atoms with Crippen LogP contribution in [0.3, 0.4) is 0 Å². The zero-order chi connectivity index (χ0) is 23.4. The summed E-state index contributed by atoms with van der Waals surface area (Å²) in [6, 6.07) is 16.3. The first-order valence-corrected chi connectivity index (χ1v) is 15.9. The maximum atomic E-state index is 13.3. The molecule has 0 heterocycles. The molecule has 1 atom stereocenters. The molecule has 5 nitrogen and oxygen atoms in total. The van der Waals surface area contributed by atoms with Crippen molar-refractivity contribution in [1.29, 1.82) is 0 Å². The summed E-state index contributed by atoms with van der Waals surface area (Å²) in [5.41, 5.74) is 0.541. The van der Waals surface area contributed by atoms with E-state index in [-0.39, 0.29) is 17.0 Å². The molecule has 2 aromatic rings. The Morgan fingerprint density at radius 3 is 2.03 bits per heavy atom. The van der Waals surface area contributed by atoms with Crippen LogP contribution in [0.25, 0.3) is 0 Å². The Morgan fingerprint density at radius 1 is 1.03 bits per heavy atom. The van der Waals surface area contributed by atoms with Crippen LogP contribution in [-0.2, 0) is 20.6 Å². The number of nitrogens with zero attached hydrogens (tertiary/aromatic N) is 1. The minimum atomic E-state index is -3.06. The van der Waals surface area contributed by atoms with Gasteiger partial charge in [-0.05, 0) is 80.2 Å². The van der Waals surface area contributed by atoms with E-state index < -0.39 is 14.8 Å². The number of methoxy groups -OCH3 is 1. The third kappa shape index (κ3) is 6.27. The summed E-state index contributed by atoms with van der Waals surface area (Å²) in [6.07, 6.45) is 0. The molecular weight excluding hydrogens is 445 g/mol. The van der Waals surface area contributed by atoms with Crippen LogP contribution >= 0.6 is 6.49 Å². The molecule has 170 valence electrons. The highest BCUT2D eigenvalue weighted by molar-refractivity contribution is 8.13. The van der Waals surface area contributed by atoms with E-state index in [0.29, 0.717) is 5.56 Å². The Hall–Kier alpha value is -1.50. The SMILES string of the molecule is COc1ccc(P(=S)(ON(C(=O)c2ccccc2)C(C)C)O[Si](C)(C)C(C)(C)C)cc1. The maximum absolute atomic E-state index is 13.3. The molecule has 1 amide bonds. The van der Waals surface area contributed by atoms with E-state index in [0.717, 1.165) is 11.1 Å². The molecule has 2 aromatic carbocycles. The number of hydrogen-bond donors (Lipinski definition) is 0. The molecule has 1 unspecified atom stereocenters. The fourth-order valence-electron chi connectivity index (χ4n) is 2.51. The maximum Gasteiger partial charge on any atom is 0.278 e. The standard InChI is InChI=1S/C23H34NO4PSSi/c1-18(2)24(22(25)19-12-10-9-11-13-19)27-29(30,28-31(7,8)23(3,4)5)21-16-14-20(26-6)15-17-21/h9-18H,1-8H3. The van der Waals surface area contributed by atoms with E-state index in [4.69, 9.17) is 25.4 Å². The first-order chi connectivity index (χ1) is 14.3. The molecule has 0 radical (unpaired) electrons. The molecule has 0 fully saturated rings. The Balaban J connectivity index is 2.52. The van der Waals surface area contributed by atoms with Crippen LogP contribution in [0.2, 0.25) is 18.1 Å². The largest absolute Gasteiger partial charge is 0.497 e. The van der Waals surface area contributed by atoms with E-state index in [1.807, 2.05) is 56.3 Å². The number of ether oxygens (including phenoxy) is 1. The van der Waals surface area contributed by atoms with Crippen molar-refractivity contribution in [1.82, 2.24) is 5.06 Å². The quantitative estimate of drug-likeness (QED) is 0.259. The number of rotatable bonds is 8. The minimum absolute atomic E-state index is 0.0704. The van der Waals surface area contributed by atoms with Gasteiger partial charge in [0.1, 0.15) is 5.75 Å². The Bertz CT molecular complexity index is 927. The topological polar surface area (TPSA) is 48.0 Å². The lowest BCUT2D eigenvalue weighted by molar-refractivity contribution is -0.0508. The average Bonchev–Trinajstić information content (AvgIpc) is 2.71. The number of carbonyl (C=O) groups excluding carboxylic acids is 1. The molecular formula is C23H34NO4PSSi. The van der Waals surface area contributed by atoms with Crippen LogP contribution in [0.5, 0.6) is 5.75 Å². The van der Waals surface area contributed by atoms with Crippen LogP contribution < -0.4 is 10.0 Å². The molecule has 0 aliphatic carbocycles. The van der Waals surface area contributed by atoms with Gasteiger partial charge >= 0.3 is 0 Å². The van der Waals surface area contributed by atoms with Crippen LogP contribution in [0.1, 0.15) is 45.0 Å². The van der Waals surface area contributed by atoms with Crippen molar-refractivity contribution in [3.63, 3.8) is 0 Å². The zero-order valence-corrected chi connectivity index (χ0v) is 22.4. The second kappa shape index (κ2) is 9.97. The van der Waals surface area contributed by atoms with Gasteiger partial charge in [-0.1, -0.05) is 39.0 Å². The molecule has 0 aliphatic heterocycles. The smallest absolute Gasteiger partial charge is 0.278 e. The van der Waals surface area contributed by atoms with E-state index >= 15 is 0 Å². The number of amides is 1. The van der Waals surface area contributed by atoms with Gasteiger partial charge in [0.25, 0.3) is 5.91 Å². The van der Waals surface area contributed by atoms with E-state index in [9.17, 15) is 4.79 Å². The third-order valence-corrected chi connectivity index (χ3v) is 14.7. The number of benzene rings is 2. The van der Waals surface area contributed by atoms with Crippen molar-refractivity contribution in [2.75, 3.05) is 7.11 Å². The van der Waals surface area contributed by atoms with Gasteiger partial charge < -0.3 is 8.95 Å². The summed E-state index contributed by atoms with van der Waals surface area (Å²) in [5, 5.41) is 2.05. The first kappa shape index (κ1) is 25.8. The lowest BCUT2D eigenvalue weighted by Crippen LogP contribution is -2.43. The highest BCUT2D eigenvalue weighted by Crippen LogP contribution is 2.55. The molecule has 0 aliphatic rings. The minimum Gasteiger partial charge on any atom is -0.497 e. The highest BCUT2D eigenvalue weighted by Gasteiger charge is 2.44. The second-order valence-electron chi connectivity index (χ2n) is 9.22. The molecule has 31 heavy (non-hydrogen) atoms. The molecule has 0 saturated heterocycles. The second-order valence-corrected chi connectivity index (χ2v) is 17.6. The lowest BCUT2D eigenvalue weighted by atomic mass is 10.2. The molecule has 8 heteroatoms. The normalized spacial score (nSPS) is 14.2. The molecule has 2 rings (SSSR count). The molecule has 0 saturated carbocycles. The van der Waals surface area contributed by atoms with Gasteiger partial charge in [-0.25, -0.2) is 9.69 Å². The monoisotopic (exact) mass is 479 g/mol. The fraction of sp³-hybridized carbons (Fsp3) is 0.435. The van der Waals surface area contributed by atoms with Gasteiger partial charge in [-0.3, -0.25) is 4.79 Å². The fourth-order valence-corrected chi connectivity index (χ4v) is 9.92. The summed E-state index contributed by atoms with van der Waals surface area (Å²) in [6.45, 7) is 11.5. The molecule has 0 aromatic heterocycles. The highest BCUT2D eigenvalue weighted by atomic mass is 32.5.